The van der Waals surface area contributed by atoms with E-state index in [9.17, 15) is 8.42 Å². The minimum atomic E-state index is -3.53. The van der Waals surface area contributed by atoms with Crippen LogP contribution in [0.3, 0.4) is 0 Å². The second-order valence-corrected chi connectivity index (χ2v) is 7.94. The number of benzene rings is 1. The van der Waals surface area contributed by atoms with Crippen molar-refractivity contribution < 1.29 is 8.42 Å². The van der Waals surface area contributed by atoms with Crippen molar-refractivity contribution in [2.24, 2.45) is 5.73 Å². The number of anilines is 1. The summed E-state index contributed by atoms with van der Waals surface area (Å²) in [6, 6.07) is 5.07. The largest absolute Gasteiger partial charge is 0.389 e. The van der Waals surface area contributed by atoms with E-state index in [0.717, 1.165) is 25.7 Å². The molecule has 0 bridgehead atoms. The molecule has 1 aliphatic heterocycles. The van der Waals surface area contributed by atoms with Crippen molar-refractivity contribution >= 4 is 49.0 Å². The summed E-state index contributed by atoms with van der Waals surface area (Å²) in [5.74, 6) is 0. The van der Waals surface area contributed by atoms with Crippen LogP contribution in [0.2, 0.25) is 0 Å². The van der Waals surface area contributed by atoms with Crippen LogP contribution in [0.5, 0.6) is 0 Å². The van der Waals surface area contributed by atoms with Gasteiger partial charge in [0.05, 0.1) is 5.69 Å². The van der Waals surface area contributed by atoms with Gasteiger partial charge in [0.15, 0.2) is 0 Å². The van der Waals surface area contributed by atoms with Gasteiger partial charge in [0, 0.05) is 23.1 Å². The SMILES string of the molecule is NC(=S)c1ccc(NS(=O)(=O)N2CCCCCC2)c(Br)c1. The average Bonchev–Trinajstić information content (AvgIpc) is 2.70. The summed E-state index contributed by atoms with van der Waals surface area (Å²) in [6.07, 6.45) is 3.97. The number of rotatable bonds is 4. The molecule has 116 valence electrons. The zero-order chi connectivity index (χ0) is 15.5. The lowest BCUT2D eigenvalue weighted by atomic mass is 10.2. The second kappa shape index (κ2) is 7.04. The lowest BCUT2D eigenvalue weighted by molar-refractivity contribution is 0.427. The molecule has 0 radical (unpaired) electrons. The summed E-state index contributed by atoms with van der Waals surface area (Å²) in [4.78, 5) is 0.276. The van der Waals surface area contributed by atoms with Gasteiger partial charge in [-0.3, -0.25) is 4.72 Å². The lowest BCUT2D eigenvalue weighted by Crippen LogP contribution is -2.36. The number of nitrogens with zero attached hydrogens (tertiary/aromatic N) is 1. The number of halogens is 1. The molecule has 1 aromatic carbocycles. The first-order chi connectivity index (χ1) is 9.90. The molecule has 1 fully saturated rings. The summed E-state index contributed by atoms with van der Waals surface area (Å²) >= 11 is 8.25. The van der Waals surface area contributed by atoms with Crippen LogP contribution in [0.25, 0.3) is 0 Å². The molecule has 0 aliphatic carbocycles. The number of hydrogen-bond donors (Lipinski definition) is 2. The number of nitrogens with two attached hydrogens (primary N) is 1. The Hall–Kier alpha value is -0.700. The molecule has 8 heteroatoms. The van der Waals surface area contributed by atoms with Gasteiger partial charge < -0.3 is 5.73 Å². The van der Waals surface area contributed by atoms with Gasteiger partial charge in [0.1, 0.15) is 4.99 Å². The Morgan fingerprint density at radius 1 is 1.24 bits per heavy atom. The summed E-state index contributed by atoms with van der Waals surface area (Å²) in [5, 5.41) is 0. The summed E-state index contributed by atoms with van der Waals surface area (Å²) in [5.41, 5.74) is 6.73. The third kappa shape index (κ3) is 4.38. The van der Waals surface area contributed by atoms with Crippen molar-refractivity contribution in [1.82, 2.24) is 4.31 Å². The predicted molar refractivity (Wildman–Crippen MR) is 92.6 cm³/mol. The molecule has 5 nitrogen and oxygen atoms in total. The summed E-state index contributed by atoms with van der Waals surface area (Å²) < 4.78 is 29.6. The lowest BCUT2D eigenvalue weighted by Gasteiger charge is -2.21. The van der Waals surface area contributed by atoms with Crippen LogP contribution in [0.15, 0.2) is 22.7 Å². The Labute approximate surface area is 139 Å². The monoisotopic (exact) mass is 391 g/mol. The molecular formula is C13H18BrN3O2S2. The van der Waals surface area contributed by atoms with Crippen molar-refractivity contribution in [3.63, 3.8) is 0 Å². The van der Waals surface area contributed by atoms with Crippen molar-refractivity contribution in [1.29, 1.82) is 0 Å². The van der Waals surface area contributed by atoms with Crippen LogP contribution in [0, 0.1) is 0 Å². The van der Waals surface area contributed by atoms with Gasteiger partial charge in [-0.15, -0.1) is 0 Å². The molecule has 0 spiro atoms. The van der Waals surface area contributed by atoms with E-state index in [4.69, 9.17) is 18.0 Å². The minimum Gasteiger partial charge on any atom is -0.389 e. The quantitative estimate of drug-likeness (QED) is 0.773. The van der Waals surface area contributed by atoms with Crippen LogP contribution in [-0.4, -0.2) is 30.8 Å². The normalized spacial score (nSPS) is 17.2. The van der Waals surface area contributed by atoms with E-state index in [1.54, 1.807) is 18.2 Å². The van der Waals surface area contributed by atoms with Crippen molar-refractivity contribution in [3.05, 3.63) is 28.2 Å². The van der Waals surface area contributed by atoms with Crippen LogP contribution < -0.4 is 10.5 Å². The Balaban J connectivity index is 2.18. The first-order valence-corrected chi connectivity index (χ1v) is 9.41. The molecule has 0 unspecified atom stereocenters. The molecule has 2 rings (SSSR count). The Morgan fingerprint density at radius 2 is 1.86 bits per heavy atom. The third-order valence-electron chi connectivity index (χ3n) is 3.40. The topological polar surface area (TPSA) is 75.4 Å². The highest BCUT2D eigenvalue weighted by atomic mass is 79.9. The molecule has 0 amide bonds. The van der Waals surface area contributed by atoms with Crippen LogP contribution in [0.4, 0.5) is 5.69 Å². The Kier molecular flexibility index (Phi) is 5.59. The van der Waals surface area contributed by atoms with E-state index in [2.05, 4.69) is 20.7 Å². The molecule has 1 saturated heterocycles. The zero-order valence-corrected chi connectivity index (χ0v) is 14.7. The molecule has 1 heterocycles. The molecule has 0 atom stereocenters. The maximum atomic E-state index is 12.4. The van der Waals surface area contributed by atoms with Gasteiger partial charge in [-0.1, -0.05) is 25.1 Å². The number of nitrogens with one attached hydrogen (secondary N) is 1. The Bertz CT molecular complexity index is 626. The smallest absolute Gasteiger partial charge is 0.301 e. The number of thiocarbonyl (C=S) groups is 1. The third-order valence-corrected chi connectivity index (χ3v) is 5.81. The molecular weight excluding hydrogens is 374 g/mol. The molecule has 3 N–H and O–H groups in total. The summed E-state index contributed by atoms with van der Waals surface area (Å²) in [6.45, 7) is 1.13. The Morgan fingerprint density at radius 3 is 2.38 bits per heavy atom. The average molecular weight is 392 g/mol. The van der Waals surface area contributed by atoms with Gasteiger partial charge in [0.2, 0.25) is 0 Å². The van der Waals surface area contributed by atoms with Crippen LogP contribution in [-0.2, 0) is 10.2 Å². The molecule has 21 heavy (non-hydrogen) atoms. The van der Waals surface area contributed by atoms with Gasteiger partial charge >= 0.3 is 10.2 Å². The first-order valence-electron chi connectivity index (χ1n) is 6.77. The fraction of sp³-hybridized carbons (Fsp3) is 0.462. The van der Waals surface area contributed by atoms with Gasteiger partial charge in [0.25, 0.3) is 0 Å². The molecule has 1 aromatic rings. The van der Waals surface area contributed by atoms with E-state index in [1.807, 2.05) is 0 Å². The van der Waals surface area contributed by atoms with Crippen LogP contribution >= 0.6 is 28.1 Å². The molecule has 1 aliphatic rings. The van der Waals surface area contributed by atoms with Crippen molar-refractivity contribution in [3.8, 4) is 0 Å². The van der Waals surface area contributed by atoms with Gasteiger partial charge in [-0.05, 0) is 47.0 Å². The van der Waals surface area contributed by atoms with Gasteiger partial charge in [-0.25, -0.2) is 0 Å². The maximum Gasteiger partial charge on any atom is 0.301 e. The maximum absolute atomic E-state index is 12.4. The minimum absolute atomic E-state index is 0.276. The number of hydrogen-bond acceptors (Lipinski definition) is 3. The zero-order valence-electron chi connectivity index (χ0n) is 11.5. The fourth-order valence-electron chi connectivity index (χ4n) is 2.24. The highest BCUT2D eigenvalue weighted by Gasteiger charge is 2.23. The molecule has 0 aromatic heterocycles. The predicted octanol–water partition coefficient (Wildman–Crippen LogP) is 2.62. The fourth-order valence-corrected chi connectivity index (χ4v) is 4.30. The van der Waals surface area contributed by atoms with E-state index < -0.39 is 10.2 Å². The van der Waals surface area contributed by atoms with E-state index >= 15 is 0 Å². The van der Waals surface area contributed by atoms with Crippen molar-refractivity contribution in [2.45, 2.75) is 25.7 Å². The van der Waals surface area contributed by atoms with E-state index in [1.165, 1.54) is 4.31 Å². The van der Waals surface area contributed by atoms with Crippen molar-refractivity contribution in [2.75, 3.05) is 17.8 Å². The van der Waals surface area contributed by atoms with E-state index in [-0.39, 0.29) is 4.99 Å². The standard InChI is InChI=1S/C13H18BrN3O2S2/c14-11-9-10(13(15)20)5-6-12(11)16-21(18,19)17-7-3-1-2-4-8-17/h5-6,9,16H,1-4,7-8H2,(H2,15,20). The highest BCUT2D eigenvalue weighted by Crippen LogP contribution is 2.26. The second-order valence-electron chi connectivity index (χ2n) is 4.98. The van der Waals surface area contributed by atoms with Crippen LogP contribution in [0.1, 0.15) is 31.2 Å². The van der Waals surface area contributed by atoms with E-state index in [0.29, 0.717) is 28.8 Å². The summed E-state index contributed by atoms with van der Waals surface area (Å²) in [7, 11) is -3.53. The van der Waals surface area contributed by atoms with Gasteiger partial charge in [-0.2, -0.15) is 12.7 Å². The highest BCUT2D eigenvalue weighted by molar-refractivity contribution is 9.10. The molecule has 0 saturated carbocycles. The first kappa shape index (κ1) is 16.7.